The van der Waals surface area contributed by atoms with Crippen LogP contribution in [0.15, 0.2) is 18.2 Å². The van der Waals surface area contributed by atoms with Gasteiger partial charge in [0.2, 0.25) is 0 Å². The average molecular weight is 244 g/mol. The highest BCUT2D eigenvalue weighted by Crippen LogP contribution is 2.61. The maximum Gasteiger partial charge on any atom is 0.119 e. The highest BCUT2D eigenvalue weighted by molar-refractivity contribution is 5.41. The average Bonchev–Trinajstić information content (AvgIpc) is 2.25. The van der Waals surface area contributed by atoms with Crippen molar-refractivity contribution in [3.63, 3.8) is 0 Å². The van der Waals surface area contributed by atoms with Crippen molar-refractivity contribution in [1.29, 1.82) is 0 Å². The Labute approximate surface area is 108 Å². The van der Waals surface area contributed by atoms with E-state index in [2.05, 4.69) is 0 Å². The molecule has 96 valence electrons. The third kappa shape index (κ3) is 1.47. The van der Waals surface area contributed by atoms with Gasteiger partial charge in [-0.25, -0.2) is 0 Å². The first-order valence-corrected chi connectivity index (χ1v) is 7.16. The first-order valence-electron chi connectivity index (χ1n) is 7.16. The van der Waals surface area contributed by atoms with E-state index in [1.807, 2.05) is 12.1 Å². The van der Waals surface area contributed by atoms with E-state index in [1.165, 1.54) is 50.2 Å². The Bertz CT molecular complexity index is 436. The van der Waals surface area contributed by atoms with Gasteiger partial charge in [-0.2, -0.15) is 0 Å². The maximum absolute atomic E-state index is 9.74. The van der Waals surface area contributed by atoms with Gasteiger partial charge in [-0.15, -0.1) is 0 Å². The highest BCUT2D eigenvalue weighted by Gasteiger charge is 2.51. The number of hydrogen-bond donors (Lipinski definition) is 2. The maximum atomic E-state index is 9.74. The molecule has 4 saturated carbocycles. The van der Waals surface area contributed by atoms with Crippen molar-refractivity contribution in [3.8, 4) is 11.5 Å². The van der Waals surface area contributed by atoms with Crippen molar-refractivity contribution in [1.82, 2.24) is 0 Å². The van der Waals surface area contributed by atoms with Gasteiger partial charge in [-0.05, 0) is 79.4 Å². The minimum Gasteiger partial charge on any atom is -0.508 e. The molecule has 0 unspecified atom stereocenters. The zero-order valence-corrected chi connectivity index (χ0v) is 10.6. The van der Waals surface area contributed by atoms with Crippen LogP contribution >= 0.6 is 0 Å². The summed E-state index contributed by atoms with van der Waals surface area (Å²) in [7, 11) is 0. The lowest BCUT2D eigenvalue weighted by atomic mass is 9.48. The second-order valence-corrected chi connectivity index (χ2v) is 6.94. The largest absolute Gasteiger partial charge is 0.508 e. The van der Waals surface area contributed by atoms with E-state index in [0.717, 1.165) is 17.8 Å². The molecule has 4 bridgehead atoms. The van der Waals surface area contributed by atoms with Gasteiger partial charge in [0.25, 0.3) is 0 Å². The molecule has 2 heteroatoms. The fraction of sp³-hybridized carbons (Fsp3) is 0.625. The summed E-state index contributed by atoms with van der Waals surface area (Å²) in [5.74, 6) is 3.09. The molecule has 4 fully saturated rings. The number of phenolic OH excluding ortho intramolecular Hbond substituents is 2. The molecule has 0 aliphatic heterocycles. The molecule has 0 heterocycles. The van der Waals surface area contributed by atoms with Gasteiger partial charge in [-0.1, -0.05) is 0 Å². The van der Waals surface area contributed by atoms with E-state index in [4.69, 9.17) is 0 Å². The highest BCUT2D eigenvalue weighted by atomic mass is 16.3. The summed E-state index contributed by atoms with van der Waals surface area (Å²) in [6.45, 7) is 0. The van der Waals surface area contributed by atoms with Gasteiger partial charge >= 0.3 is 0 Å². The number of phenols is 2. The van der Waals surface area contributed by atoms with Crippen LogP contribution < -0.4 is 0 Å². The SMILES string of the molecule is Oc1cc(O)cc(C23CC4CC(CC(C4)C2)C3)c1. The molecule has 1 aromatic rings. The minimum absolute atomic E-state index is 0.209. The van der Waals surface area contributed by atoms with E-state index >= 15 is 0 Å². The Kier molecular flexibility index (Phi) is 2.04. The third-order valence-corrected chi connectivity index (χ3v) is 5.55. The molecule has 4 aliphatic rings. The predicted molar refractivity (Wildman–Crippen MR) is 69.6 cm³/mol. The fourth-order valence-corrected chi connectivity index (χ4v) is 5.37. The standard InChI is InChI=1S/C16H20O2/c17-14-4-13(5-15(18)6-14)16-7-10-1-11(8-16)3-12(2-10)9-16/h4-6,10-12,17-18H,1-3,7-9H2. The molecule has 18 heavy (non-hydrogen) atoms. The molecule has 0 aromatic heterocycles. The first-order chi connectivity index (χ1) is 8.63. The lowest BCUT2D eigenvalue weighted by Gasteiger charge is -2.57. The van der Waals surface area contributed by atoms with Crippen LogP contribution in [-0.4, -0.2) is 10.2 Å². The van der Waals surface area contributed by atoms with Crippen LogP contribution in [0.5, 0.6) is 11.5 Å². The molecule has 0 amide bonds. The topological polar surface area (TPSA) is 40.5 Å². The monoisotopic (exact) mass is 244 g/mol. The van der Waals surface area contributed by atoms with Crippen LogP contribution in [0.3, 0.4) is 0 Å². The second-order valence-electron chi connectivity index (χ2n) is 6.94. The Balaban J connectivity index is 1.79. The first kappa shape index (κ1) is 10.7. The van der Waals surface area contributed by atoms with Crippen LogP contribution in [0.1, 0.15) is 44.1 Å². The molecule has 5 rings (SSSR count). The fourth-order valence-electron chi connectivity index (χ4n) is 5.37. The van der Waals surface area contributed by atoms with Gasteiger partial charge in [0.05, 0.1) is 0 Å². The molecule has 0 spiro atoms. The summed E-state index contributed by atoms with van der Waals surface area (Å²) in [5.41, 5.74) is 1.43. The van der Waals surface area contributed by atoms with Crippen molar-refractivity contribution in [2.75, 3.05) is 0 Å². The number of aromatic hydroxyl groups is 2. The normalized spacial score (nSPS) is 41.2. The van der Waals surface area contributed by atoms with Crippen LogP contribution in [0.25, 0.3) is 0 Å². The lowest BCUT2D eigenvalue weighted by molar-refractivity contribution is -0.00535. The van der Waals surface area contributed by atoms with Crippen molar-refractivity contribution in [2.24, 2.45) is 17.8 Å². The predicted octanol–water partition coefficient (Wildman–Crippen LogP) is 3.57. The molecule has 1 aromatic carbocycles. The van der Waals surface area contributed by atoms with Crippen molar-refractivity contribution in [3.05, 3.63) is 23.8 Å². The summed E-state index contributed by atoms with van der Waals surface area (Å²) in [4.78, 5) is 0. The van der Waals surface area contributed by atoms with E-state index < -0.39 is 0 Å². The Morgan fingerprint density at radius 1 is 0.778 bits per heavy atom. The zero-order valence-electron chi connectivity index (χ0n) is 10.6. The van der Waals surface area contributed by atoms with Crippen LogP contribution in [0.4, 0.5) is 0 Å². The summed E-state index contributed by atoms with van der Waals surface area (Å²) >= 11 is 0. The number of rotatable bonds is 1. The van der Waals surface area contributed by atoms with Gasteiger partial charge in [0.1, 0.15) is 11.5 Å². The lowest BCUT2D eigenvalue weighted by Crippen LogP contribution is -2.48. The molecular weight excluding hydrogens is 224 g/mol. The van der Waals surface area contributed by atoms with E-state index in [0.29, 0.717) is 0 Å². The van der Waals surface area contributed by atoms with Gasteiger partial charge in [-0.3, -0.25) is 0 Å². The smallest absolute Gasteiger partial charge is 0.119 e. The van der Waals surface area contributed by atoms with Gasteiger partial charge < -0.3 is 10.2 Å². The summed E-state index contributed by atoms with van der Waals surface area (Å²) in [6, 6.07) is 5.20. The molecule has 2 N–H and O–H groups in total. The second kappa shape index (κ2) is 3.43. The third-order valence-electron chi connectivity index (χ3n) is 5.55. The summed E-state index contributed by atoms with van der Waals surface area (Å²) in [5, 5.41) is 19.5. The quantitative estimate of drug-likeness (QED) is 0.793. The van der Waals surface area contributed by atoms with Crippen molar-refractivity contribution >= 4 is 0 Å². The molecular formula is C16H20O2. The van der Waals surface area contributed by atoms with Crippen LogP contribution in [0, 0.1) is 17.8 Å². The number of benzene rings is 1. The summed E-state index contributed by atoms with van der Waals surface area (Å²) in [6.07, 6.45) is 8.06. The van der Waals surface area contributed by atoms with E-state index in [-0.39, 0.29) is 16.9 Å². The minimum atomic E-state index is 0.209. The Morgan fingerprint density at radius 3 is 1.67 bits per heavy atom. The summed E-state index contributed by atoms with van der Waals surface area (Å²) < 4.78 is 0. The molecule has 0 saturated heterocycles. The van der Waals surface area contributed by atoms with E-state index in [9.17, 15) is 10.2 Å². The molecule has 0 atom stereocenters. The van der Waals surface area contributed by atoms with Gasteiger partial charge in [0, 0.05) is 6.07 Å². The van der Waals surface area contributed by atoms with Crippen LogP contribution in [0.2, 0.25) is 0 Å². The Morgan fingerprint density at radius 2 is 1.22 bits per heavy atom. The Hall–Kier alpha value is -1.18. The van der Waals surface area contributed by atoms with Crippen molar-refractivity contribution < 1.29 is 10.2 Å². The van der Waals surface area contributed by atoms with Gasteiger partial charge in [0.15, 0.2) is 0 Å². The number of hydrogen-bond acceptors (Lipinski definition) is 2. The van der Waals surface area contributed by atoms with Crippen LogP contribution in [-0.2, 0) is 5.41 Å². The molecule has 2 nitrogen and oxygen atoms in total. The molecule has 0 radical (unpaired) electrons. The zero-order chi connectivity index (χ0) is 12.3. The van der Waals surface area contributed by atoms with E-state index in [1.54, 1.807) is 0 Å². The van der Waals surface area contributed by atoms with Crippen molar-refractivity contribution in [2.45, 2.75) is 43.9 Å². The molecule has 4 aliphatic carbocycles.